The molecule has 1 aromatic carbocycles. The number of rotatable bonds is 3. The van der Waals surface area contributed by atoms with Crippen molar-refractivity contribution in [3.05, 3.63) is 42.0 Å². The maximum atomic E-state index is 6.42. The normalized spacial score (nSPS) is 22.5. The SMILES string of the molecule is CN(C)c1ccc(/C=C/C2C[C+](C(C)(C)C)OC(C(C)(C)C)C2)cc1. The molecule has 25 heavy (non-hydrogen) atoms. The summed E-state index contributed by atoms with van der Waals surface area (Å²) in [6, 6.07) is 8.74. The first kappa shape index (κ1) is 19.9. The van der Waals surface area contributed by atoms with Crippen LogP contribution in [0.15, 0.2) is 30.3 Å². The van der Waals surface area contributed by atoms with Gasteiger partial charge in [-0.2, -0.15) is 4.74 Å². The summed E-state index contributed by atoms with van der Waals surface area (Å²) in [5.74, 6) is 0.542. The number of anilines is 1. The van der Waals surface area contributed by atoms with E-state index in [1.807, 2.05) is 0 Å². The standard InChI is InChI=1S/C23H36NO/c1-22(2,3)20-15-18(16-21(25-20)23(4,5)6)10-9-17-11-13-19(14-12-17)24(7)8/h9-14,18,20H,15-16H2,1-8H3/q+1/b10-9+. The number of hydrogen-bond donors (Lipinski definition) is 0. The zero-order chi connectivity index (χ0) is 18.8. The van der Waals surface area contributed by atoms with E-state index in [1.54, 1.807) is 0 Å². The molecule has 0 saturated carbocycles. The van der Waals surface area contributed by atoms with Gasteiger partial charge in [0, 0.05) is 25.7 Å². The smallest absolute Gasteiger partial charge is 0.247 e. The molecule has 2 heteroatoms. The van der Waals surface area contributed by atoms with Crippen LogP contribution in [-0.4, -0.2) is 20.2 Å². The van der Waals surface area contributed by atoms with Crippen LogP contribution in [0, 0.1) is 22.9 Å². The van der Waals surface area contributed by atoms with E-state index in [0.29, 0.717) is 5.92 Å². The number of benzene rings is 1. The fourth-order valence-electron chi connectivity index (χ4n) is 3.16. The third-order valence-electron chi connectivity index (χ3n) is 5.02. The molecule has 0 radical (unpaired) electrons. The van der Waals surface area contributed by atoms with Gasteiger partial charge in [0.2, 0.25) is 6.10 Å². The van der Waals surface area contributed by atoms with E-state index >= 15 is 0 Å². The van der Waals surface area contributed by atoms with Crippen molar-refractivity contribution >= 4 is 11.8 Å². The molecule has 2 nitrogen and oxygen atoms in total. The number of hydrogen-bond acceptors (Lipinski definition) is 2. The van der Waals surface area contributed by atoms with Gasteiger partial charge < -0.3 is 4.90 Å². The van der Waals surface area contributed by atoms with E-state index in [-0.39, 0.29) is 16.9 Å². The summed E-state index contributed by atoms with van der Waals surface area (Å²) in [6.07, 6.45) is 8.31. The lowest BCUT2D eigenvalue weighted by Crippen LogP contribution is -2.40. The lowest BCUT2D eigenvalue weighted by molar-refractivity contribution is -0.0834. The van der Waals surface area contributed by atoms with Crippen LogP contribution < -0.4 is 4.90 Å². The van der Waals surface area contributed by atoms with E-state index < -0.39 is 0 Å². The Bertz CT molecular complexity index is 550. The highest BCUT2D eigenvalue weighted by Gasteiger charge is 2.49. The molecule has 2 rings (SSSR count). The van der Waals surface area contributed by atoms with Crippen LogP contribution in [0.2, 0.25) is 0 Å². The van der Waals surface area contributed by atoms with Crippen molar-refractivity contribution in [3.63, 3.8) is 0 Å². The Hall–Kier alpha value is -1.41. The molecular formula is C23H36NO+. The topological polar surface area (TPSA) is 12.5 Å². The molecule has 0 aliphatic carbocycles. The van der Waals surface area contributed by atoms with Crippen molar-refractivity contribution in [3.8, 4) is 0 Å². The minimum Gasteiger partial charge on any atom is -0.378 e. The highest BCUT2D eigenvalue weighted by Crippen LogP contribution is 2.45. The molecule has 0 spiro atoms. The Balaban J connectivity index is 2.13. The third-order valence-corrected chi connectivity index (χ3v) is 5.02. The van der Waals surface area contributed by atoms with Crippen LogP contribution in [0.3, 0.4) is 0 Å². The Morgan fingerprint density at radius 2 is 1.64 bits per heavy atom. The molecule has 0 aromatic heterocycles. The van der Waals surface area contributed by atoms with Gasteiger partial charge in [-0.25, -0.2) is 0 Å². The van der Waals surface area contributed by atoms with E-state index in [0.717, 1.165) is 12.8 Å². The van der Waals surface area contributed by atoms with Crippen LogP contribution in [-0.2, 0) is 4.74 Å². The molecule has 138 valence electrons. The van der Waals surface area contributed by atoms with Crippen LogP contribution in [0.25, 0.3) is 6.08 Å². The molecule has 0 N–H and O–H groups in total. The summed E-state index contributed by atoms with van der Waals surface area (Å²) in [4.78, 5) is 2.13. The van der Waals surface area contributed by atoms with Crippen LogP contribution in [0.1, 0.15) is 59.9 Å². The number of allylic oxidation sites excluding steroid dienone is 1. The van der Waals surface area contributed by atoms with E-state index in [4.69, 9.17) is 4.74 Å². The average molecular weight is 343 g/mol. The van der Waals surface area contributed by atoms with Crippen LogP contribution >= 0.6 is 0 Å². The summed E-state index contributed by atoms with van der Waals surface area (Å²) in [7, 11) is 4.15. The van der Waals surface area contributed by atoms with Crippen LogP contribution in [0.4, 0.5) is 5.69 Å². The summed E-state index contributed by atoms with van der Waals surface area (Å²) < 4.78 is 6.42. The largest absolute Gasteiger partial charge is 0.378 e. The monoisotopic (exact) mass is 342 g/mol. The predicted molar refractivity (Wildman–Crippen MR) is 110 cm³/mol. The molecule has 1 aromatic rings. The Kier molecular flexibility index (Phi) is 5.93. The van der Waals surface area contributed by atoms with Gasteiger partial charge >= 0.3 is 0 Å². The van der Waals surface area contributed by atoms with Crippen molar-refractivity contribution in [2.75, 3.05) is 19.0 Å². The highest BCUT2D eigenvalue weighted by molar-refractivity contribution is 5.55. The zero-order valence-corrected chi connectivity index (χ0v) is 17.4. The van der Waals surface area contributed by atoms with Gasteiger partial charge in [-0.15, -0.1) is 0 Å². The van der Waals surface area contributed by atoms with Gasteiger partial charge in [0.1, 0.15) is 17.9 Å². The Labute approximate surface area is 155 Å². The Morgan fingerprint density at radius 3 is 2.12 bits per heavy atom. The fourth-order valence-corrected chi connectivity index (χ4v) is 3.16. The highest BCUT2D eigenvalue weighted by atomic mass is 16.5. The molecule has 0 bridgehead atoms. The summed E-state index contributed by atoms with van der Waals surface area (Å²) in [6.45, 7) is 13.6. The quantitative estimate of drug-likeness (QED) is 0.608. The van der Waals surface area contributed by atoms with Gasteiger partial charge in [0.25, 0.3) is 0 Å². The second kappa shape index (κ2) is 7.45. The third kappa shape index (κ3) is 5.54. The van der Waals surface area contributed by atoms with Crippen LogP contribution in [0.5, 0.6) is 0 Å². The fraction of sp³-hybridized carbons (Fsp3) is 0.609. The van der Waals surface area contributed by atoms with E-state index in [9.17, 15) is 0 Å². The first-order chi connectivity index (χ1) is 11.5. The van der Waals surface area contributed by atoms with Gasteiger partial charge in [-0.3, -0.25) is 0 Å². The molecule has 2 atom stereocenters. The molecule has 1 aliphatic rings. The molecule has 1 aliphatic heterocycles. The van der Waals surface area contributed by atoms with Crippen molar-refractivity contribution in [2.24, 2.45) is 16.7 Å². The Morgan fingerprint density at radius 1 is 1.04 bits per heavy atom. The lowest BCUT2D eigenvalue weighted by Gasteiger charge is -2.37. The first-order valence-corrected chi connectivity index (χ1v) is 9.45. The van der Waals surface area contributed by atoms with Gasteiger partial charge in [0.05, 0.1) is 0 Å². The van der Waals surface area contributed by atoms with Gasteiger partial charge in [-0.05, 0) is 50.3 Å². The minimum atomic E-state index is 0.101. The van der Waals surface area contributed by atoms with Gasteiger partial charge in [0.15, 0.2) is 0 Å². The summed E-state index contributed by atoms with van der Waals surface area (Å²) >= 11 is 0. The molecule has 1 heterocycles. The molecule has 1 saturated heterocycles. The van der Waals surface area contributed by atoms with E-state index in [2.05, 4.69) is 97.0 Å². The van der Waals surface area contributed by atoms with Gasteiger partial charge in [-0.1, -0.05) is 45.1 Å². The minimum absolute atomic E-state index is 0.101. The second-order valence-electron chi connectivity index (χ2n) is 9.69. The summed E-state index contributed by atoms with van der Waals surface area (Å²) in [5, 5.41) is 0. The van der Waals surface area contributed by atoms with Crippen molar-refractivity contribution in [1.82, 2.24) is 0 Å². The number of nitrogens with zero attached hydrogens (tertiary/aromatic N) is 1. The molecular weight excluding hydrogens is 306 g/mol. The zero-order valence-electron chi connectivity index (χ0n) is 17.4. The maximum absolute atomic E-state index is 6.42. The number of ether oxygens (including phenoxy) is 1. The van der Waals surface area contributed by atoms with E-state index in [1.165, 1.54) is 17.4 Å². The molecule has 1 fully saturated rings. The van der Waals surface area contributed by atoms with Crippen molar-refractivity contribution in [1.29, 1.82) is 0 Å². The lowest BCUT2D eigenvalue weighted by atomic mass is 9.75. The maximum Gasteiger partial charge on any atom is 0.247 e. The molecule has 0 amide bonds. The first-order valence-electron chi connectivity index (χ1n) is 9.45. The average Bonchev–Trinajstić information content (AvgIpc) is 2.51. The summed E-state index contributed by atoms with van der Waals surface area (Å²) in [5.41, 5.74) is 2.76. The second-order valence-corrected chi connectivity index (χ2v) is 9.69. The van der Waals surface area contributed by atoms with Crippen molar-refractivity contribution < 1.29 is 4.74 Å². The molecule has 2 unspecified atom stereocenters. The van der Waals surface area contributed by atoms with Crippen molar-refractivity contribution in [2.45, 2.75) is 60.5 Å². The predicted octanol–water partition coefficient (Wildman–Crippen LogP) is 6.19.